The van der Waals surface area contributed by atoms with Gasteiger partial charge in [0.05, 0.1) is 34.1 Å². The highest BCUT2D eigenvalue weighted by Crippen LogP contribution is 2.47. The molecule has 368 valence electrons. The summed E-state index contributed by atoms with van der Waals surface area (Å²) in [5.41, 5.74) is 1.64. The lowest BCUT2D eigenvalue weighted by atomic mass is 9.65. The Morgan fingerprint density at radius 1 is 0.843 bits per heavy atom. The number of fused-ring (bicyclic) bond motifs is 1. The molecule has 3 aromatic heterocycles. The number of amides is 5. The van der Waals surface area contributed by atoms with Gasteiger partial charge in [0.25, 0.3) is 12.3 Å². The number of alkyl halides is 2. The number of benzene rings is 2. The summed E-state index contributed by atoms with van der Waals surface area (Å²) >= 11 is 6.43. The number of rotatable bonds is 11. The monoisotopic (exact) mass is 979 g/mol. The Kier molecular flexibility index (Phi) is 13.6. The predicted molar refractivity (Wildman–Crippen MR) is 255 cm³/mol. The molecular weight excluding hydrogens is 924 g/mol. The molecular formula is C50H56ClF2N11O6. The van der Waals surface area contributed by atoms with Crippen molar-refractivity contribution in [1.29, 1.82) is 0 Å². The fraction of sp³-hybridized carbons (Fsp3) is 0.480. The smallest absolute Gasteiger partial charge is 0.410 e. The highest BCUT2D eigenvalue weighted by molar-refractivity contribution is 6.34. The Morgan fingerprint density at radius 3 is 2.30 bits per heavy atom. The molecule has 5 amide bonds. The number of piperazine rings is 1. The Hall–Kier alpha value is -6.47. The fourth-order valence-electron chi connectivity index (χ4n) is 10.9. The van der Waals surface area contributed by atoms with Crippen molar-refractivity contribution in [1.82, 2.24) is 44.4 Å². The molecule has 17 nitrogen and oxygen atoms in total. The molecule has 0 unspecified atom stereocenters. The largest absolute Gasteiger partial charge is 0.445 e. The van der Waals surface area contributed by atoms with E-state index in [1.165, 1.54) is 21.8 Å². The van der Waals surface area contributed by atoms with E-state index in [0.717, 1.165) is 76.6 Å². The summed E-state index contributed by atoms with van der Waals surface area (Å²) < 4.78 is 37.7. The van der Waals surface area contributed by atoms with Crippen LogP contribution in [-0.2, 0) is 16.1 Å². The van der Waals surface area contributed by atoms with Crippen LogP contribution in [-0.4, -0.2) is 134 Å². The van der Waals surface area contributed by atoms with E-state index < -0.39 is 30.0 Å². The first kappa shape index (κ1) is 47.2. The van der Waals surface area contributed by atoms with Gasteiger partial charge in [-0.05, 0) is 92.5 Å². The van der Waals surface area contributed by atoms with Gasteiger partial charge in [-0.3, -0.25) is 29.3 Å². The van der Waals surface area contributed by atoms with Gasteiger partial charge in [0.1, 0.15) is 18.1 Å². The van der Waals surface area contributed by atoms with Crippen LogP contribution in [0.25, 0.3) is 5.65 Å². The number of imide groups is 1. The number of carbonyl (C=O) groups is 5. The number of aromatic nitrogens is 5. The molecule has 0 bridgehead atoms. The molecule has 7 heterocycles. The maximum absolute atomic E-state index is 14.6. The summed E-state index contributed by atoms with van der Waals surface area (Å²) in [4.78, 5) is 78.8. The van der Waals surface area contributed by atoms with Crippen LogP contribution in [0.5, 0.6) is 0 Å². The second-order valence-electron chi connectivity index (χ2n) is 19.4. The summed E-state index contributed by atoms with van der Waals surface area (Å²) in [6.45, 7) is 6.08. The predicted octanol–water partition coefficient (Wildman–Crippen LogP) is 7.40. The van der Waals surface area contributed by atoms with Gasteiger partial charge in [-0.1, -0.05) is 41.9 Å². The molecule has 5 aliphatic rings. The summed E-state index contributed by atoms with van der Waals surface area (Å²) in [5.74, 6) is 0.0862. The molecule has 0 atom stereocenters. The van der Waals surface area contributed by atoms with Gasteiger partial charge >= 0.3 is 12.1 Å². The zero-order valence-corrected chi connectivity index (χ0v) is 39.6. The maximum atomic E-state index is 14.6. The fourth-order valence-corrected chi connectivity index (χ4v) is 11.1. The van der Waals surface area contributed by atoms with Crippen LogP contribution >= 0.6 is 11.6 Å². The van der Waals surface area contributed by atoms with E-state index in [0.29, 0.717) is 67.3 Å². The first-order valence-electron chi connectivity index (χ1n) is 24.3. The van der Waals surface area contributed by atoms with Crippen LogP contribution in [0.3, 0.4) is 0 Å². The molecule has 1 spiro atoms. The van der Waals surface area contributed by atoms with Crippen LogP contribution in [0.1, 0.15) is 108 Å². The maximum Gasteiger partial charge on any atom is 0.410 e. The molecule has 4 aliphatic heterocycles. The van der Waals surface area contributed by atoms with Crippen molar-refractivity contribution in [2.45, 2.75) is 76.9 Å². The number of anilines is 2. The second kappa shape index (κ2) is 20.1. The van der Waals surface area contributed by atoms with E-state index in [1.54, 1.807) is 40.0 Å². The molecule has 4 saturated heterocycles. The van der Waals surface area contributed by atoms with E-state index in [4.69, 9.17) is 21.3 Å². The average Bonchev–Trinajstić information content (AvgIpc) is 4.03. The lowest BCUT2D eigenvalue weighted by molar-refractivity contribution is -0.120. The third-order valence-electron chi connectivity index (χ3n) is 15.1. The topological polar surface area (TPSA) is 171 Å². The van der Waals surface area contributed by atoms with Crippen LogP contribution in [0.15, 0.2) is 73.2 Å². The third-order valence-corrected chi connectivity index (χ3v) is 15.5. The molecule has 1 aliphatic carbocycles. The number of carbonyl (C=O) groups excluding carboxylic acids is 5. The number of ketones is 1. The van der Waals surface area contributed by atoms with Crippen molar-refractivity contribution in [2.24, 2.45) is 11.3 Å². The normalized spacial score (nSPS) is 19.6. The number of ether oxygens (including phenoxy) is 1. The van der Waals surface area contributed by atoms with Crippen LogP contribution < -0.4 is 15.1 Å². The molecule has 1 saturated carbocycles. The minimum absolute atomic E-state index is 0.0930. The molecule has 5 fully saturated rings. The van der Waals surface area contributed by atoms with Crippen molar-refractivity contribution in [3.63, 3.8) is 0 Å². The molecule has 0 radical (unpaired) electrons. The van der Waals surface area contributed by atoms with Crippen LogP contribution in [0, 0.1) is 11.3 Å². The number of nitrogens with one attached hydrogen (secondary N) is 1. The first-order chi connectivity index (χ1) is 33.9. The van der Waals surface area contributed by atoms with Crippen molar-refractivity contribution in [2.75, 3.05) is 75.2 Å². The van der Waals surface area contributed by atoms with Crippen LogP contribution in [0.2, 0.25) is 5.02 Å². The number of likely N-dealkylation sites (tertiary alicyclic amines) is 2. The highest BCUT2D eigenvalue weighted by Gasteiger charge is 2.40. The third kappa shape index (κ3) is 9.95. The van der Waals surface area contributed by atoms with Crippen molar-refractivity contribution in [3.05, 3.63) is 106 Å². The van der Waals surface area contributed by atoms with Crippen molar-refractivity contribution in [3.8, 4) is 0 Å². The molecule has 10 rings (SSSR count). The number of nitrogens with zero attached hydrogens (tertiary/aromatic N) is 10. The van der Waals surface area contributed by atoms with Gasteiger partial charge in [-0.25, -0.2) is 27.9 Å². The molecule has 2 aromatic carbocycles. The number of urea groups is 1. The van der Waals surface area contributed by atoms with E-state index in [1.807, 2.05) is 40.1 Å². The number of piperidine rings is 2. The Morgan fingerprint density at radius 2 is 1.59 bits per heavy atom. The summed E-state index contributed by atoms with van der Waals surface area (Å²) in [6, 6.07) is 15.5. The van der Waals surface area contributed by atoms with Gasteiger partial charge in [0.15, 0.2) is 5.65 Å². The lowest BCUT2D eigenvalue weighted by Crippen LogP contribution is -2.49. The number of hydrogen-bond acceptors (Lipinski definition) is 11. The van der Waals surface area contributed by atoms with Gasteiger partial charge in [-0.2, -0.15) is 10.2 Å². The quantitative estimate of drug-likeness (QED) is 0.131. The summed E-state index contributed by atoms with van der Waals surface area (Å²) in [7, 11) is 0. The Bertz CT molecular complexity index is 2750. The SMILES string of the molecule is O=C1CCN(c2cc(C(=O)N3CCC4(CCC(CN5CCC(n6cc(C(=O)c7cnn8ccc(N9CCN(C(=O)OCc%10ccccc%10)CC9)nc78)c(C(F)F)n6)CC5)CC4)CC3)ccc2Cl)C(=O)N1. The van der Waals surface area contributed by atoms with E-state index in [-0.39, 0.29) is 59.6 Å². The van der Waals surface area contributed by atoms with E-state index >= 15 is 0 Å². The van der Waals surface area contributed by atoms with Crippen molar-refractivity contribution >= 4 is 58.5 Å². The minimum atomic E-state index is -2.95. The van der Waals surface area contributed by atoms with E-state index in [9.17, 15) is 32.8 Å². The molecule has 1 N–H and O–H groups in total. The van der Waals surface area contributed by atoms with Gasteiger partial charge < -0.3 is 24.3 Å². The number of hydrogen-bond donors (Lipinski definition) is 1. The Labute approximate surface area is 408 Å². The van der Waals surface area contributed by atoms with Gasteiger partial charge in [0.2, 0.25) is 11.7 Å². The average molecular weight is 981 g/mol. The molecule has 70 heavy (non-hydrogen) atoms. The summed E-state index contributed by atoms with van der Waals surface area (Å²) in [6.07, 6.45) is 9.09. The lowest BCUT2D eigenvalue weighted by Gasteiger charge is -2.47. The number of halogens is 3. The summed E-state index contributed by atoms with van der Waals surface area (Å²) in [5, 5.41) is 11.3. The first-order valence-corrected chi connectivity index (χ1v) is 24.7. The zero-order valence-electron chi connectivity index (χ0n) is 38.9. The van der Waals surface area contributed by atoms with Crippen molar-refractivity contribution < 1.29 is 37.5 Å². The molecule has 20 heteroatoms. The van der Waals surface area contributed by atoms with E-state index in [2.05, 4.69) is 20.4 Å². The van der Waals surface area contributed by atoms with Gasteiger partial charge in [-0.15, -0.1) is 0 Å². The van der Waals surface area contributed by atoms with Gasteiger partial charge in [0, 0.05) is 89.8 Å². The highest BCUT2D eigenvalue weighted by atomic mass is 35.5. The Balaban J connectivity index is 0.699. The zero-order chi connectivity index (χ0) is 48.5. The minimum Gasteiger partial charge on any atom is -0.445 e. The molecule has 5 aromatic rings. The second-order valence-corrected chi connectivity index (χ2v) is 19.8. The van der Waals surface area contributed by atoms with Crippen LogP contribution in [0.4, 0.5) is 29.9 Å². The standard InChI is InChI=1S/C50H56ClF2N11O6/c51-39-7-6-35(28-40(39)62-20-13-42(65)56-48(62)68)47(67)60-22-16-50(17-23-60)14-8-33(9-15-50)30-58-18-10-36(11-19-58)64-31-38(43(57-64)45(52)53)44(66)37-29-54-63-21-12-41(55-46(37)63)59-24-26-61(27-25-59)49(69)70-32-34-4-2-1-3-5-34/h1-7,12,21,28-29,31,33,36,45H,8-11,13-20,22-27,30,32H2,(H,56,65,68).